The van der Waals surface area contributed by atoms with Gasteiger partial charge in [0.15, 0.2) is 5.78 Å². The van der Waals surface area contributed by atoms with E-state index < -0.39 is 0 Å². The molecular formula is C11H12N2O2. The predicted octanol–water partition coefficient (Wildman–Crippen LogP) is 1.64. The fraction of sp³-hybridized carbons (Fsp3) is 0.273. The van der Waals surface area contributed by atoms with Crippen LogP contribution in [-0.2, 0) is 4.79 Å². The first kappa shape index (κ1) is 9.71. The van der Waals surface area contributed by atoms with Gasteiger partial charge >= 0.3 is 0 Å². The highest BCUT2D eigenvalue weighted by Gasteiger charge is 2.19. The molecule has 2 N–H and O–H groups in total. The van der Waals surface area contributed by atoms with Crippen LogP contribution in [0.1, 0.15) is 23.7 Å². The zero-order valence-electron chi connectivity index (χ0n) is 8.46. The highest BCUT2D eigenvalue weighted by atomic mass is 16.1. The summed E-state index contributed by atoms with van der Waals surface area (Å²) in [6.07, 6.45) is 0.510. The third-order valence-electron chi connectivity index (χ3n) is 2.33. The molecule has 1 aromatic carbocycles. The standard InChI is InChI=1S/C11H12N2O2/c1-7(14)13-9-4-2-3-8-10(15)5-6-12-11(8)9/h2-4,12H,5-6H2,1H3,(H,13,14). The van der Waals surface area contributed by atoms with Crippen molar-refractivity contribution in [3.63, 3.8) is 0 Å². The van der Waals surface area contributed by atoms with Crippen LogP contribution in [0.2, 0.25) is 0 Å². The molecule has 0 aliphatic carbocycles. The minimum atomic E-state index is -0.136. The van der Waals surface area contributed by atoms with Crippen molar-refractivity contribution in [3.05, 3.63) is 23.8 Å². The smallest absolute Gasteiger partial charge is 0.221 e. The first-order valence-electron chi connectivity index (χ1n) is 4.86. The van der Waals surface area contributed by atoms with Crippen LogP contribution in [0.4, 0.5) is 11.4 Å². The van der Waals surface area contributed by atoms with E-state index in [1.807, 2.05) is 0 Å². The number of hydrogen-bond acceptors (Lipinski definition) is 3. The molecule has 1 heterocycles. The van der Waals surface area contributed by atoms with Crippen LogP contribution in [0.3, 0.4) is 0 Å². The van der Waals surface area contributed by atoms with Crippen molar-refractivity contribution in [2.45, 2.75) is 13.3 Å². The molecule has 4 nitrogen and oxygen atoms in total. The Labute approximate surface area is 87.7 Å². The van der Waals surface area contributed by atoms with Crippen molar-refractivity contribution in [1.82, 2.24) is 0 Å². The normalized spacial score (nSPS) is 14.1. The molecule has 1 aromatic rings. The molecule has 78 valence electrons. The Morgan fingerprint density at radius 2 is 2.27 bits per heavy atom. The molecule has 0 aromatic heterocycles. The van der Waals surface area contributed by atoms with E-state index in [1.165, 1.54) is 6.92 Å². The average molecular weight is 204 g/mol. The zero-order valence-corrected chi connectivity index (χ0v) is 8.46. The summed E-state index contributed by atoms with van der Waals surface area (Å²) in [5, 5.41) is 5.83. The molecule has 0 saturated carbocycles. The van der Waals surface area contributed by atoms with E-state index in [4.69, 9.17) is 0 Å². The lowest BCUT2D eigenvalue weighted by Gasteiger charge is -2.20. The van der Waals surface area contributed by atoms with Gasteiger partial charge in [-0.2, -0.15) is 0 Å². The molecule has 0 spiro atoms. The van der Waals surface area contributed by atoms with Gasteiger partial charge < -0.3 is 10.6 Å². The number of para-hydroxylation sites is 1. The maximum atomic E-state index is 11.6. The largest absolute Gasteiger partial charge is 0.382 e. The summed E-state index contributed by atoms with van der Waals surface area (Å²) in [4.78, 5) is 22.5. The van der Waals surface area contributed by atoms with E-state index >= 15 is 0 Å². The van der Waals surface area contributed by atoms with Gasteiger partial charge in [-0.25, -0.2) is 0 Å². The van der Waals surface area contributed by atoms with E-state index in [-0.39, 0.29) is 11.7 Å². The predicted molar refractivity (Wildman–Crippen MR) is 58.2 cm³/mol. The summed E-state index contributed by atoms with van der Waals surface area (Å²) in [7, 11) is 0. The third kappa shape index (κ3) is 1.83. The van der Waals surface area contributed by atoms with Gasteiger partial charge in [0.05, 0.1) is 11.4 Å². The van der Waals surface area contributed by atoms with Crippen LogP contribution in [0.15, 0.2) is 18.2 Å². The Morgan fingerprint density at radius 1 is 1.47 bits per heavy atom. The summed E-state index contributed by atoms with van der Waals surface area (Å²) in [5.41, 5.74) is 2.07. The first-order valence-corrected chi connectivity index (χ1v) is 4.86. The van der Waals surface area contributed by atoms with Crippen LogP contribution in [0.5, 0.6) is 0 Å². The van der Waals surface area contributed by atoms with Gasteiger partial charge in [-0.3, -0.25) is 9.59 Å². The summed E-state index contributed by atoms with van der Waals surface area (Å²) in [6.45, 7) is 2.08. The zero-order chi connectivity index (χ0) is 10.8. The Hall–Kier alpha value is -1.84. The van der Waals surface area contributed by atoms with Crippen LogP contribution in [-0.4, -0.2) is 18.2 Å². The van der Waals surface area contributed by atoms with Gasteiger partial charge in [0, 0.05) is 25.5 Å². The van der Waals surface area contributed by atoms with Gasteiger partial charge in [-0.15, -0.1) is 0 Å². The van der Waals surface area contributed by atoms with Crippen LogP contribution >= 0.6 is 0 Å². The number of benzene rings is 1. The van der Waals surface area contributed by atoms with Gasteiger partial charge in [0.1, 0.15) is 0 Å². The monoisotopic (exact) mass is 204 g/mol. The summed E-state index contributed by atoms with van der Waals surface area (Å²) in [6, 6.07) is 5.33. The Morgan fingerprint density at radius 3 is 3.00 bits per heavy atom. The van der Waals surface area contributed by atoms with Gasteiger partial charge in [0.2, 0.25) is 5.91 Å². The average Bonchev–Trinajstić information content (AvgIpc) is 2.19. The third-order valence-corrected chi connectivity index (χ3v) is 2.33. The van der Waals surface area contributed by atoms with Crippen molar-refractivity contribution >= 4 is 23.1 Å². The lowest BCUT2D eigenvalue weighted by Crippen LogP contribution is -2.20. The molecule has 1 amide bonds. The second-order valence-electron chi connectivity index (χ2n) is 3.51. The van der Waals surface area contributed by atoms with Crippen LogP contribution in [0, 0.1) is 0 Å². The minimum Gasteiger partial charge on any atom is -0.382 e. The molecule has 0 fully saturated rings. The molecule has 1 aliphatic heterocycles. The van der Waals surface area contributed by atoms with Crippen LogP contribution in [0.25, 0.3) is 0 Å². The lowest BCUT2D eigenvalue weighted by atomic mass is 10.0. The molecule has 0 unspecified atom stereocenters. The van der Waals surface area contributed by atoms with Crippen molar-refractivity contribution in [2.75, 3.05) is 17.2 Å². The van der Waals surface area contributed by atoms with E-state index in [0.717, 1.165) is 5.69 Å². The van der Waals surface area contributed by atoms with E-state index in [1.54, 1.807) is 18.2 Å². The van der Waals surface area contributed by atoms with Crippen molar-refractivity contribution in [1.29, 1.82) is 0 Å². The van der Waals surface area contributed by atoms with Crippen molar-refractivity contribution in [2.24, 2.45) is 0 Å². The van der Waals surface area contributed by atoms with Crippen molar-refractivity contribution in [3.8, 4) is 0 Å². The van der Waals surface area contributed by atoms with E-state index in [2.05, 4.69) is 10.6 Å². The first-order chi connectivity index (χ1) is 7.18. The minimum absolute atomic E-state index is 0.121. The number of fused-ring (bicyclic) bond motifs is 1. The number of anilines is 2. The lowest BCUT2D eigenvalue weighted by molar-refractivity contribution is -0.114. The summed E-state index contributed by atoms with van der Waals surface area (Å²) >= 11 is 0. The number of nitrogens with one attached hydrogen (secondary N) is 2. The summed E-state index contributed by atoms with van der Waals surface area (Å²) in [5.74, 6) is -0.0147. The molecular weight excluding hydrogens is 192 g/mol. The Bertz CT molecular complexity index is 427. The molecule has 2 rings (SSSR count). The highest BCUT2D eigenvalue weighted by molar-refractivity contribution is 6.07. The topological polar surface area (TPSA) is 58.2 Å². The second-order valence-corrected chi connectivity index (χ2v) is 3.51. The SMILES string of the molecule is CC(=O)Nc1cccc2c1NCCC2=O. The number of carbonyl (C=O) groups is 2. The fourth-order valence-corrected chi connectivity index (χ4v) is 1.70. The van der Waals surface area contributed by atoms with Crippen LogP contribution < -0.4 is 10.6 Å². The van der Waals surface area contributed by atoms with Gasteiger partial charge in [-0.1, -0.05) is 6.07 Å². The fourth-order valence-electron chi connectivity index (χ4n) is 1.70. The molecule has 15 heavy (non-hydrogen) atoms. The number of ketones is 1. The molecule has 0 atom stereocenters. The second kappa shape index (κ2) is 3.73. The number of hydrogen-bond donors (Lipinski definition) is 2. The number of Topliss-reactive ketones (excluding diaryl/α,β-unsaturated/α-hetero) is 1. The molecule has 0 saturated heterocycles. The number of carbonyl (C=O) groups excluding carboxylic acids is 2. The molecule has 4 heteroatoms. The maximum absolute atomic E-state index is 11.6. The molecule has 1 aliphatic rings. The number of amides is 1. The molecule has 0 radical (unpaired) electrons. The Kier molecular flexibility index (Phi) is 2.41. The van der Waals surface area contributed by atoms with E-state index in [9.17, 15) is 9.59 Å². The maximum Gasteiger partial charge on any atom is 0.221 e. The van der Waals surface area contributed by atoms with Gasteiger partial charge in [0.25, 0.3) is 0 Å². The van der Waals surface area contributed by atoms with Crippen molar-refractivity contribution < 1.29 is 9.59 Å². The quantitative estimate of drug-likeness (QED) is 0.731. The highest BCUT2D eigenvalue weighted by Crippen LogP contribution is 2.29. The van der Waals surface area contributed by atoms with E-state index in [0.29, 0.717) is 24.2 Å². The summed E-state index contributed by atoms with van der Waals surface area (Å²) < 4.78 is 0. The number of rotatable bonds is 1. The van der Waals surface area contributed by atoms with Gasteiger partial charge in [-0.05, 0) is 12.1 Å². The molecule has 0 bridgehead atoms. The Balaban J connectivity index is 2.44.